The van der Waals surface area contributed by atoms with Crippen LogP contribution < -0.4 is 0 Å². The maximum Gasteiger partial charge on any atom is 0.315 e. The second kappa shape index (κ2) is 41.1. The average molecular weight is 795 g/mol. The van der Waals surface area contributed by atoms with Gasteiger partial charge < -0.3 is 19.3 Å². The molecule has 0 aromatic heterocycles. The lowest BCUT2D eigenvalue weighted by Crippen LogP contribution is -2.34. The molecule has 0 rings (SSSR count). The number of carbonyl (C=O) groups is 4. The molecule has 3 atom stereocenters. The van der Waals surface area contributed by atoms with E-state index in [2.05, 4.69) is 13.8 Å². The zero-order valence-electron chi connectivity index (χ0n) is 37.2. The van der Waals surface area contributed by atoms with E-state index in [9.17, 15) is 19.2 Å². The van der Waals surface area contributed by atoms with Crippen molar-refractivity contribution in [1.29, 1.82) is 0 Å². The smallest absolute Gasteiger partial charge is 0.315 e. The minimum Gasteiger partial charge on any atom is -0.481 e. The summed E-state index contributed by atoms with van der Waals surface area (Å²) in [5.41, 5.74) is 0. The van der Waals surface area contributed by atoms with Crippen LogP contribution in [0.4, 0.5) is 0 Å². The van der Waals surface area contributed by atoms with Gasteiger partial charge in [0.15, 0.2) is 0 Å². The summed E-state index contributed by atoms with van der Waals surface area (Å²) in [6.07, 6.45) is 38.8. The molecule has 0 aliphatic heterocycles. The van der Waals surface area contributed by atoms with Gasteiger partial charge in [-0.25, -0.2) is 0 Å². The summed E-state index contributed by atoms with van der Waals surface area (Å²) in [5.74, 6) is -2.83. The molecular weight excluding hydrogens is 705 g/mol. The maximum absolute atomic E-state index is 13.2. The molecule has 0 radical (unpaired) electrons. The van der Waals surface area contributed by atoms with Gasteiger partial charge in [0.1, 0.15) is 6.10 Å². The molecule has 0 heterocycles. The molecule has 8 nitrogen and oxygen atoms in total. The Labute approximate surface area is 345 Å². The number of hydrogen-bond donors (Lipinski definition) is 1. The molecule has 0 amide bonds. The molecule has 0 saturated carbocycles. The number of rotatable bonds is 43. The number of esters is 3. The molecule has 0 bridgehead atoms. The fourth-order valence-corrected chi connectivity index (χ4v) is 7.51. The van der Waals surface area contributed by atoms with Crippen LogP contribution >= 0.6 is 0 Å². The Bertz CT molecular complexity index is 921. The van der Waals surface area contributed by atoms with E-state index < -0.39 is 30.3 Å². The van der Waals surface area contributed by atoms with Crippen LogP contribution in [-0.4, -0.2) is 41.4 Å². The van der Waals surface area contributed by atoms with Crippen LogP contribution in [0.1, 0.15) is 265 Å². The van der Waals surface area contributed by atoms with Crippen LogP contribution in [0.25, 0.3) is 0 Å². The predicted molar refractivity (Wildman–Crippen MR) is 231 cm³/mol. The van der Waals surface area contributed by atoms with Crippen molar-refractivity contribution in [3.8, 4) is 0 Å². The number of unbranched alkanes of at least 4 members (excludes halogenated alkanes) is 30. The highest BCUT2D eigenvalue weighted by Gasteiger charge is 2.31. The van der Waals surface area contributed by atoms with Crippen LogP contribution in [0.3, 0.4) is 0 Å². The van der Waals surface area contributed by atoms with E-state index in [4.69, 9.17) is 19.3 Å². The topological polar surface area (TPSA) is 116 Å². The lowest BCUT2D eigenvalue weighted by molar-refractivity contribution is -0.190. The molecule has 56 heavy (non-hydrogen) atoms. The molecule has 8 heteroatoms. The Morgan fingerprint density at radius 1 is 0.393 bits per heavy atom. The van der Waals surface area contributed by atoms with Crippen molar-refractivity contribution >= 4 is 23.9 Å². The van der Waals surface area contributed by atoms with Crippen molar-refractivity contribution in [1.82, 2.24) is 0 Å². The van der Waals surface area contributed by atoms with Gasteiger partial charge in [0.25, 0.3) is 0 Å². The number of carboxylic acid groups (broad SMARTS) is 1. The van der Waals surface area contributed by atoms with Crippen molar-refractivity contribution in [3.05, 3.63) is 0 Å². The van der Waals surface area contributed by atoms with Crippen LogP contribution in [0.5, 0.6) is 0 Å². The monoisotopic (exact) mass is 795 g/mol. The molecule has 0 saturated heterocycles. The summed E-state index contributed by atoms with van der Waals surface area (Å²) in [6, 6.07) is 0. The largest absolute Gasteiger partial charge is 0.481 e. The number of carbonyl (C=O) groups excluding carboxylic acids is 3. The van der Waals surface area contributed by atoms with Crippen molar-refractivity contribution in [3.63, 3.8) is 0 Å². The number of ether oxygens (including phenoxy) is 3. The Morgan fingerprint density at radius 3 is 1.05 bits per heavy atom. The fourth-order valence-electron chi connectivity index (χ4n) is 7.51. The first-order valence-electron chi connectivity index (χ1n) is 24.0. The summed E-state index contributed by atoms with van der Waals surface area (Å²) in [5, 5.41) is 8.97. The third-order valence-corrected chi connectivity index (χ3v) is 11.1. The Hall–Kier alpha value is -2.12. The predicted octanol–water partition coefficient (Wildman–Crippen LogP) is 14.5. The Kier molecular flexibility index (Phi) is 39.5. The van der Waals surface area contributed by atoms with Crippen LogP contribution in [0.15, 0.2) is 0 Å². The molecule has 0 aliphatic rings. The van der Waals surface area contributed by atoms with E-state index >= 15 is 0 Å². The van der Waals surface area contributed by atoms with Crippen LogP contribution in [0.2, 0.25) is 0 Å². The van der Waals surface area contributed by atoms with Gasteiger partial charge in [0.2, 0.25) is 6.29 Å². The first-order chi connectivity index (χ1) is 27.2. The number of carboxylic acids is 1. The number of aliphatic carboxylic acids is 1. The maximum atomic E-state index is 13.2. The van der Waals surface area contributed by atoms with E-state index in [0.717, 1.165) is 38.5 Å². The molecule has 330 valence electrons. The Morgan fingerprint density at radius 2 is 0.696 bits per heavy atom. The van der Waals surface area contributed by atoms with Gasteiger partial charge in [-0.05, 0) is 32.6 Å². The molecule has 0 aliphatic carbocycles. The first kappa shape index (κ1) is 53.9. The van der Waals surface area contributed by atoms with Crippen molar-refractivity contribution in [2.75, 3.05) is 0 Å². The fraction of sp³-hybridized carbons (Fsp3) is 0.917. The normalized spacial score (nSPS) is 12.9. The molecule has 0 aromatic carbocycles. The highest BCUT2D eigenvalue weighted by Crippen LogP contribution is 2.22. The van der Waals surface area contributed by atoms with Crippen molar-refractivity contribution in [2.45, 2.75) is 278 Å². The van der Waals surface area contributed by atoms with E-state index in [1.807, 2.05) is 0 Å². The SMILES string of the molecule is CCCCCCCCCCCCCCCCCC(=O)OC(C)OC(=O)C(CCCCCC(=O)O)C(C)OC(=O)CCCCCCCCCCCCCCCCC. The van der Waals surface area contributed by atoms with Crippen LogP contribution in [0, 0.1) is 5.92 Å². The van der Waals surface area contributed by atoms with Crippen molar-refractivity contribution in [2.24, 2.45) is 5.92 Å². The minimum absolute atomic E-state index is 0.0747. The van der Waals surface area contributed by atoms with E-state index in [1.165, 1.54) is 154 Å². The lowest BCUT2D eigenvalue weighted by Gasteiger charge is -2.24. The Balaban J connectivity index is 4.30. The molecule has 0 spiro atoms. The quantitative estimate of drug-likeness (QED) is 0.0368. The third-order valence-electron chi connectivity index (χ3n) is 11.1. The molecular formula is C48H90O8. The van der Waals surface area contributed by atoms with Crippen LogP contribution in [-0.2, 0) is 33.4 Å². The second-order valence-electron chi connectivity index (χ2n) is 16.7. The summed E-state index contributed by atoms with van der Waals surface area (Å²) >= 11 is 0. The van der Waals surface area contributed by atoms with Gasteiger partial charge in [-0.15, -0.1) is 0 Å². The van der Waals surface area contributed by atoms with E-state index in [-0.39, 0.29) is 18.4 Å². The lowest BCUT2D eigenvalue weighted by atomic mass is 9.95. The van der Waals surface area contributed by atoms with Gasteiger partial charge in [-0.3, -0.25) is 19.2 Å². The molecule has 0 aromatic rings. The van der Waals surface area contributed by atoms with E-state index in [0.29, 0.717) is 38.5 Å². The summed E-state index contributed by atoms with van der Waals surface area (Å²) in [6.45, 7) is 7.77. The summed E-state index contributed by atoms with van der Waals surface area (Å²) < 4.78 is 16.6. The zero-order chi connectivity index (χ0) is 41.3. The standard InChI is InChI=1S/C48H90O8/c1-5-7-9-11-13-15-17-19-21-23-25-27-29-31-36-40-46(51)54-42(3)44(38-34-33-35-39-45(49)50)48(53)56-43(4)55-47(52)41-37-32-30-28-26-24-22-20-18-16-14-12-10-8-6-2/h42-44H,5-41H2,1-4H3,(H,49,50). The van der Waals surface area contributed by atoms with Gasteiger partial charge >= 0.3 is 23.9 Å². The average Bonchev–Trinajstić information content (AvgIpc) is 3.15. The highest BCUT2D eigenvalue weighted by molar-refractivity contribution is 5.75. The first-order valence-corrected chi connectivity index (χ1v) is 24.0. The summed E-state index contributed by atoms with van der Waals surface area (Å²) in [7, 11) is 0. The molecule has 3 unspecified atom stereocenters. The second-order valence-corrected chi connectivity index (χ2v) is 16.7. The van der Waals surface area contributed by atoms with E-state index in [1.54, 1.807) is 13.8 Å². The van der Waals surface area contributed by atoms with Gasteiger partial charge in [-0.1, -0.05) is 206 Å². The summed E-state index contributed by atoms with van der Waals surface area (Å²) in [4.78, 5) is 49.3. The van der Waals surface area contributed by atoms with Gasteiger partial charge in [0.05, 0.1) is 5.92 Å². The van der Waals surface area contributed by atoms with Gasteiger partial charge in [-0.2, -0.15) is 0 Å². The third kappa shape index (κ3) is 37.5. The molecule has 1 N–H and O–H groups in total. The molecule has 0 fully saturated rings. The number of hydrogen-bond acceptors (Lipinski definition) is 7. The van der Waals surface area contributed by atoms with Crippen molar-refractivity contribution < 1.29 is 38.5 Å². The van der Waals surface area contributed by atoms with Gasteiger partial charge in [0, 0.05) is 26.2 Å². The minimum atomic E-state index is -1.04. The highest BCUT2D eigenvalue weighted by atomic mass is 16.7. The zero-order valence-corrected chi connectivity index (χ0v) is 37.2.